The van der Waals surface area contributed by atoms with Crippen LogP contribution in [-0.2, 0) is 31.4 Å². The number of rotatable bonds is 4. The van der Waals surface area contributed by atoms with Crippen molar-refractivity contribution in [3.63, 3.8) is 0 Å². The van der Waals surface area contributed by atoms with Gasteiger partial charge in [-0.25, -0.2) is 44.7 Å². The zero-order valence-electron chi connectivity index (χ0n) is 19.2. The van der Waals surface area contributed by atoms with Crippen LogP contribution < -0.4 is 5.32 Å². The van der Waals surface area contributed by atoms with Gasteiger partial charge < -0.3 is 5.32 Å². The maximum atomic E-state index is 11.6. The van der Waals surface area contributed by atoms with Crippen LogP contribution in [0.1, 0.15) is 18.3 Å². The van der Waals surface area contributed by atoms with E-state index in [1.807, 2.05) is 11.3 Å². The van der Waals surface area contributed by atoms with Gasteiger partial charge in [0.25, 0.3) is 0 Å². The number of carbonyl (C=O) groups excluding carboxylic acids is 1. The van der Waals surface area contributed by atoms with E-state index in [0.717, 1.165) is 27.7 Å². The lowest BCUT2D eigenvalue weighted by atomic mass is 10.4. The zero-order chi connectivity index (χ0) is 25.5. The van der Waals surface area contributed by atoms with Gasteiger partial charge in [-0.05, 0) is 19.1 Å². The summed E-state index contributed by atoms with van der Waals surface area (Å²) in [6.07, 6.45) is 9.90. The molecule has 5 aromatic rings. The molecular weight excluding hydrogens is 496 g/mol. The van der Waals surface area contributed by atoms with E-state index in [1.54, 1.807) is 24.5 Å². The minimum absolute atomic E-state index is 0.161. The van der Waals surface area contributed by atoms with E-state index in [9.17, 15) is 21.6 Å². The second-order valence-electron chi connectivity index (χ2n) is 7.79. The van der Waals surface area contributed by atoms with Gasteiger partial charge in [0.2, 0.25) is 26.0 Å². The van der Waals surface area contributed by atoms with Gasteiger partial charge in [0.05, 0.1) is 42.7 Å². The zero-order valence-corrected chi connectivity index (χ0v) is 20.9. The molecule has 1 amide bonds. The topological polar surface area (TPSA) is 163 Å². The van der Waals surface area contributed by atoms with E-state index in [-0.39, 0.29) is 18.1 Å². The van der Waals surface area contributed by atoms with Gasteiger partial charge in [0.1, 0.15) is 5.52 Å². The summed E-state index contributed by atoms with van der Waals surface area (Å²) in [6, 6.07) is 3.30. The number of aromatic nitrogens is 7. The molecule has 0 aromatic carbocycles. The molecule has 0 atom stereocenters. The highest BCUT2D eigenvalue weighted by atomic mass is 32.2. The lowest BCUT2D eigenvalue weighted by Gasteiger charge is -2.03. The molecule has 0 bridgehead atoms. The smallest absolute Gasteiger partial charge is 0.237 e. The number of amides is 1. The minimum atomic E-state index is -3.38. The third-order valence-electron chi connectivity index (χ3n) is 4.95. The Morgan fingerprint density at radius 3 is 2.20 bits per heavy atom. The Morgan fingerprint density at radius 2 is 1.54 bits per heavy atom. The first kappa shape index (κ1) is 24.3. The van der Waals surface area contributed by atoms with Gasteiger partial charge in [-0.15, -0.1) is 0 Å². The van der Waals surface area contributed by atoms with Crippen molar-refractivity contribution in [2.24, 2.45) is 0 Å². The molecule has 0 aliphatic carbocycles. The fraction of sp³-hybridized carbons (Fsp3) is 0.250. The highest BCUT2D eigenvalue weighted by molar-refractivity contribution is 7.89. The molecule has 35 heavy (non-hydrogen) atoms. The molecule has 13 nitrogen and oxygen atoms in total. The Morgan fingerprint density at radius 1 is 0.914 bits per heavy atom. The van der Waals surface area contributed by atoms with E-state index in [0.29, 0.717) is 22.5 Å². The summed E-state index contributed by atoms with van der Waals surface area (Å²) >= 11 is 0. The van der Waals surface area contributed by atoms with Crippen molar-refractivity contribution in [1.82, 2.24) is 37.6 Å². The highest BCUT2D eigenvalue weighted by Crippen LogP contribution is 2.18. The van der Waals surface area contributed by atoms with Gasteiger partial charge in [-0.3, -0.25) is 9.20 Å². The summed E-state index contributed by atoms with van der Waals surface area (Å²) in [5, 5.41) is 2.60. The summed E-state index contributed by atoms with van der Waals surface area (Å²) in [7, 11) is -6.71. The average molecular weight is 519 g/mol. The summed E-state index contributed by atoms with van der Waals surface area (Å²) in [6.45, 7) is 3.59. The standard InChI is InChI=1S/C10H12N4O3S.C10H10N4O2S/c1-7(15)11-5-8-6-12-10-9(13-8)3-4-14(10)18(2,16)17;1-7-5-11-9-6-12-10-8(14(7)9)3-4-13(10)17(2,15)16/h3-4,6H,5H2,1-2H3,(H,11,15);3-6H,1-2H3. The molecule has 0 fully saturated rings. The fourth-order valence-corrected chi connectivity index (χ4v) is 4.91. The molecular formula is C20H22N8O5S2. The van der Waals surface area contributed by atoms with Crippen molar-refractivity contribution in [3.8, 4) is 0 Å². The summed E-state index contributed by atoms with van der Waals surface area (Å²) < 4.78 is 50.1. The fourth-order valence-electron chi connectivity index (χ4n) is 3.43. The third kappa shape index (κ3) is 4.85. The summed E-state index contributed by atoms with van der Waals surface area (Å²) in [5.41, 5.74) is 4.14. The Bertz CT molecular complexity index is 1800. The first-order valence-electron chi connectivity index (χ1n) is 10.1. The SMILES string of the molecule is CC(=O)NCc1cnc2c(ccn2S(C)(=O)=O)n1.Cc1cnc2cnc3c(ccn3S(C)(=O)=O)n12. The lowest BCUT2D eigenvalue weighted by Crippen LogP contribution is -2.19. The second-order valence-corrected chi connectivity index (χ2v) is 11.5. The first-order valence-corrected chi connectivity index (χ1v) is 13.8. The van der Waals surface area contributed by atoms with Gasteiger partial charge in [-0.2, -0.15) is 0 Å². The quantitative estimate of drug-likeness (QED) is 0.360. The first-order chi connectivity index (χ1) is 16.4. The Labute approximate surface area is 200 Å². The molecule has 5 heterocycles. The van der Waals surface area contributed by atoms with Crippen molar-refractivity contribution >= 4 is 53.9 Å². The van der Waals surface area contributed by atoms with Gasteiger partial charge >= 0.3 is 0 Å². The predicted octanol–water partition coefficient (Wildman–Crippen LogP) is 0.675. The van der Waals surface area contributed by atoms with Crippen LogP contribution in [0.5, 0.6) is 0 Å². The van der Waals surface area contributed by atoms with E-state index < -0.39 is 20.0 Å². The molecule has 0 aliphatic rings. The molecule has 5 rings (SSSR count). The van der Waals surface area contributed by atoms with Crippen molar-refractivity contribution in [3.05, 3.63) is 54.5 Å². The number of nitrogens with zero attached hydrogens (tertiary/aromatic N) is 7. The number of aryl methyl sites for hydroxylation is 1. The molecule has 0 aliphatic heterocycles. The maximum Gasteiger partial charge on any atom is 0.237 e. The van der Waals surface area contributed by atoms with E-state index in [1.165, 1.54) is 29.5 Å². The number of nitrogens with one attached hydrogen (secondary N) is 1. The van der Waals surface area contributed by atoms with Gasteiger partial charge in [0.15, 0.2) is 16.9 Å². The highest BCUT2D eigenvalue weighted by Gasteiger charge is 2.14. The second kappa shape index (κ2) is 8.74. The summed E-state index contributed by atoms with van der Waals surface area (Å²) in [5.74, 6) is -0.161. The number of fused-ring (bicyclic) bond motifs is 4. The van der Waals surface area contributed by atoms with Crippen molar-refractivity contribution < 1.29 is 21.6 Å². The molecule has 184 valence electrons. The lowest BCUT2D eigenvalue weighted by molar-refractivity contribution is -0.119. The molecule has 5 aromatic heterocycles. The van der Waals surface area contributed by atoms with E-state index in [2.05, 4.69) is 25.3 Å². The van der Waals surface area contributed by atoms with Gasteiger partial charge in [0, 0.05) is 31.2 Å². The molecule has 1 N–H and O–H groups in total. The van der Waals surface area contributed by atoms with Crippen LogP contribution in [0, 0.1) is 6.92 Å². The number of imidazole rings is 1. The van der Waals surface area contributed by atoms with Crippen molar-refractivity contribution in [1.29, 1.82) is 0 Å². The number of carbonyl (C=O) groups is 1. The van der Waals surface area contributed by atoms with E-state index in [4.69, 9.17) is 0 Å². The third-order valence-corrected chi connectivity index (χ3v) is 6.97. The predicted molar refractivity (Wildman–Crippen MR) is 129 cm³/mol. The monoisotopic (exact) mass is 518 g/mol. The Hall–Kier alpha value is -3.85. The van der Waals surface area contributed by atoms with Crippen LogP contribution in [0.25, 0.3) is 28.0 Å². The number of hydrogen-bond donors (Lipinski definition) is 1. The van der Waals surface area contributed by atoms with Crippen molar-refractivity contribution in [2.75, 3.05) is 12.5 Å². The van der Waals surface area contributed by atoms with Crippen LogP contribution in [0.4, 0.5) is 0 Å². The maximum absolute atomic E-state index is 11.6. The molecule has 15 heteroatoms. The van der Waals surface area contributed by atoms with Crippen molar-refractivity contribution in [2.45, 2.75) is 20.4 Å². The average Bonchev–Trinajstić information content (AvgIpc) is 3.47. The Kier molecular flexibility index (Phi) is 6.06. The molecule has 0 radical (unpaired) electrons. The minimum Gasteiger partial charge on any atom is -0.351 e. The van der Waals surface area contributed by atoms with Crippen LogP contribution in [0.15, 0.2) is 43.1 Å². The largest absolute Gasteiger partial charge is 0.351 e. The van der Waals surface area contributed by atoms with Crippen LogP contribution in [0.2, 0.25) is 0 Å². The molecule has 0 saturated carbocycles. The number of hydrogen-bond acceptors (Lipinski definition) is 9. The Balaban J connectivity index is 0.000000165. The van der Waals surface area contributed by atoms with Crippen LogP contribution in [0.3, 0.4) is 0 Å². The van der Waals surface area contributed by atoms with Crippen LogP contribution >= 0.6 is 0 Å². The van der Waals surface area contributed by atoms with Crippen LogP contribution in [-0.4, -0.2) is 67.5 Å². The van der Waals surface area contributed by atoms with E-state index >= 15 is 0 Å². The molecule has 0 spiro atoms. The molecule has 0 unspecified atom stereocenters. The molecule has 0 saturated heterocycles. The summed E-state index contributed by atoms with van der Waals surface area (Å²) in [4.78, 5) is 27.4. The normalized spacial score (nSPS) is 12.1. The van der Waals surface area contributed by atoms with Gasteiger partial charge in [-0.1, -0.05) is 0 Å².